The second-order valence-electron chi connectivity index (χ2n) is 6.79. The fourth-order valence-electron chi connectivity index (χ4n) is 1.81. The molecular formula is C15H31NO. The van der Waals surface area contributed by atoms with Crippen molar-refractivity contribution in [2.75, 3.05) is 26.3 Å². The molecule has 0 bridgehead atoms. The lowest BCUT2D eigenvalue weighted by atomic mass is 9.79. The molecule has 0 spiro atoms. The summed E-state index contributed by atoms with van der Waals surface area (Å²) in [7, 11) is 0. The average Bonchev–Trinajstić information content (AvgIpc) is 3.00. The van der Waals surface area contributed by atoms with E-state index in [1.54, 1.807) is 0 Å². The number of hydrogen-bond acceptors (Lipinski definition) is 2. The fourth-order valence-corrected chi connectivity index (χ4v) is 1.81. The lowest BCUT2D eigenvalue weighted by molar-refractivity contribution is 0.0213. The quantitative estimate of drug-likeness (QED) is 0.668. The van der Waals surface area contributed by atoms with E-state index in [4.69, 9.17) is 4.74 Å². The smallest absolute Gasteiger partial charge is 0.0534 e. The van der Waals surface area contributed by atoms with E-state index in [0.717, 1.165) is 38.1 Å². The van der Waals surface area contributed by atoms with E-state index >= 15 is 0 Å². The first-order valence-electron chi connectivity index (χ1n) is 7.22. The van der Waals surface area contributed by atoms with Gasteiger partial charge in [0.1, 0.15) is 0 Å². The van der Waals surface area contributed by atoms with E-state index < -0.39 is 0 Å². The molecule has 1 saturated carbocycles. The van der Waals surface area contributed by atoms with Crippen molar-refractivity contribution in [3.63, 3.8) is 0 Å². The minimum absolute atomic E-state index is 0.268. The molecule has 2 heteroatoms. The van der Waals surface area contributed by atoms with Crippen LogP contribution < -0.4 is 5.32 Å². The second-order valence-corrected chi connectivity index (χ2v) is 6.79. The Balaban J connectivity index is 2.26. The Labute approximate surface area is 108 Å². The maximum Gasteiger partial charge on any atom is 0.0534 e. The molecule has 1 fully saturated rings. The molecule has 0 aromatic heterocycles. The highest BCUT2D eigenvalue weighted by atomic mass is 16.5. The van der Waals surface area contributed by atoms with E-state index in [1.807, 2.05) is 0 Å². The zero-order valence-electron chi connectivity index (χ0n) is 12.4. The van der Waals surface area contributed by atoms with Crippen LogP contribution in [0.15, 0.2) is 0 Å². The fraction of sp³-hybridized carbons (Fsp3) is 1.00. The molecule has 1 atom stereocenters. The molecular weight excluding hydrogens is 210 g/mol. The van der Waals surface area contributed by atoms with Gasteiger partial charge in [0.05, 0.1) is 6.61 Å². The molecule has 2 nitrogen and oxygen atoms in total. The number of nitrogens with one attached hydrogen (secondary N) is 1. The molecule has 17 heavy (non-hydrogen) atoms. The molecule has 0 saturated heterocycles. The van der Waals surface area contributed by atoms with Gasteiger partial charge in [-0.3, -0.25) is 0 Å². The zero-order valence-corrected chi connectivity index (χ0v) is 12.4. The maximum absolute atomic E-state index is 5.90. The van der Waals surface area contributed by atoms with Crippen molar-refractivity contribution < 1.29 is 4.74 Å². The summed E-state index contributed by atoms with van der Waals surface area (Å²) < 4.78 is 5.90. The summed E-state index contributed by atoms with van der Waals surface area (Å²) in [5.74, 6) is 2.25. The second kappa shape index (κ2) is 6.75. The molecule has 0 amide bonds. The van der Waals surface area contributed by atoms with Gasteiger partial charge in [0.2, 0.25) is 0 Å². The van der Waals surface area contributed by atoms with Crippen molar-refractivity contribution in [2.45, 2.75) is 47.5 Å². The predicted octanol–water partition coefficient (Wildman–Crippen LogP) is 3.32. The molecule has 1 aliphatic carbocycles. The molecule has 102 valence electrons. The third-order valence-corrected chi connectivity index (χ3v) is 3.96. The van der Waals surface area contributed by atoms with Crippen LogP contribution in [0.1, 0.15) is 47.5 Å². The SMILES string of the molecule is CC(C)CNCC(C)(COCC1CC1)C(C)C. The summed E-state index contributed by atoms with van der Waals surface area (Å²) in [6, 6.07) is 0. The Hall–Kier alpha value is -0.0800. The lowest BCUT2D eigenvalue weighted by Crippen LogP contribution is -2.41. The number of rotatable bonds is 9. The van der Waals surface area contributed by atoms with E-state index in [0.29, 0.717) is 5.92 Å². The van der Waals surface area contributed by atoms with Crippen molar-refractivity contribution in [3.05, 3.63) is 0 Å². The Morgan fingerprint density at radius 3 is 2.35 bits per heavy atom. The highest BCUT2D eigenvalue weighted by Gasteiger charge is 2.30. The first-order chi connectivity index (χ1) is 7.94. The summed E-state index contributed by atoms with van der Waals surface area (Å²) in [6.07, 6.45) is 2.76. The highest BCUT2D eigenvalue weighted by molar-refractivity contribution is 4.81. The Morgan fingerprint density at radius 1 is 1.24 bits per heavy atom. The Morgan fingerprint density at radius 2 is 1.88 bits per heavy atom. The summed E-state index contributed by atoms with van der Waals surface area (Å²) in [4.78, 5) is 0. The van der Waals surface area contributed by atoms with Gasteiger partial charge in [-0.1, -0.05) is 34.6 Å². The maximum atomic E-state index is 5.90. The highest BCUT2D eigenvalue weighted by Crippen LogP contribution is 2.31. The van der Waals surface area contributed by atoms with Crippen molar-refractivity contribution in [1.29, 1.82) is 0 Å². The van der Waals surface area contributed by atoms with Crippen LogP contribution in [-0.4, -0.2) is 26.3 Å². The minimum Gasteiger partial charge on any atom is -0.381 e. The van der Waals surface area contributed by atoms with Crippen LogP contribution in [0, 0.1) is 23.2 Å². The molecule has 0 aliphatic heterocycles. The largest absolute Gasteiger partial charge is 0.381 e. The van der Waals surface area contributed by atoms with Gasteiger partial charge >= 0.3 is 0 Å². The monoisotopic (exact) mass is 241 g/mol. The lowest BCUT2D eigenvalue weighted by Gasteiger charge is -2.34. The van der Waals surface area contributed by atoms with Crippen LogP contribution in [0.3, 0.4) is 0 Å². The third-order valence-electron chi connectivity index (χ3n) is 3.96. The van der Waals surface area contributed by atoms with Gasteiger partial charge in [-0.05, 0) is 37.1 Å². The molecule has 0 aromatic carbocycles. The van der Waals surface area contributed by atoms with E-state index in [1.165, 1.54) is 12.8 Å². The van der Waals surface area contributed by atoms with Gasteiger partial charge in [0.25, 0.3) is 0 Å². The Bertz CT molecular complexity index is 201. The van der Waals surface area contributed by atoms with E-state index in [2.05, 4.69) is 39.9 Å². The van der Waals surface area contributed by atoms with Crippen molar-refractivity contribution in [2.24, 2.45) is 23.2 Å². The molecule has 0 radical (unpaired) electrons. The standard InChI is InChI=1S/C15H31NO/c1-12(2)8-16-10-15(5,13(3)4)11-17-9-14-6-7-14/h12-14,16H,6-11H2,1-5H3. The average molecular weight is 241 g/mol. The molecule has 0 heterocycles. The van der Waals surface area contributed by atoms with Crippen LogP contribution in [0.5, 0.6) is 0 Å². The van der Waals surface area contributed by atoms with Crippen molar-refractivity contribution in [1.82, 2.24) is 5.32 Å². The number of ether oxygens (including phenoxy) is 1. The summed E-state index contributed by atoms with van der Waals surface area (Å²) in [5, 5.41) is 3.58. The first-order valence-corrected chi connectivity index (χ1v) is 7.22. The van der Waals surface area contributed by atoms with E-state index in [-0.39, 0.29) is 5.41 Å². The van der Waals surface area contributed by atoms with Crippen LogP contribution in [0.2, 0.25) is 0 Å². The molecule has 1 aliphatic rings. The van der Waals surface area contributed by atoms with Crippen LogP contribution in [-0.2, 0) is 4.74 Å². The van der Waals surface area contributed by atoms with Crippen LogP contribution in [0.25, 0.3) is 0 Å². The van der Waals surface area contributed by atoms with Crippen LogP contribution in [0.4, 0.5) is 0 Å². The zero-order chi connectivity index (χ0) is 12.9. The minimum atomic E-state index is 0.268. The van der Waals surface area contributed by atoms with E-state index in [9.17, 15) is 0 Å². The Kier molecular flexibility index (Phi) is 5.94. The van der Waals surface area contributed by atoms with Gasteiger partial charge in [-0.15, -0.1) is 0 Å². The molecule has 1 unspecified atom stereocenters. The van der Waals surface area contributed by atoms with Gasteiger partial charge in [-0.25, -0.2) is 0 Å². The topological polar surface area (TPSA) is 21.3 Å². The number of hydrogen-bond donors (Lipinski definition) is 1. The van der Waals surface area contributed by atoms with Crippen molar-refractivity contribution >= 4 is 0 Å². The normalized spacial score (nSPS) is 19.9. The third kappa shape index (κ3) is 5.87. The van der Waals surface area contributed by atoms with Gasteiger partial charge in [0, 0.05) is 18.6 Å². The molecule has 1 N–H and O–H groups in total. The summed E-state index contributed by atoms with van der Waals surface area (Å²) in [6.45, 7) is 15.5. The van der Waals surface area contributed by atoms with Crippen molar-refractivity contribution in [3.8, 4) is 0 Å². The predicted molar refractivity (Wildman–Crippen MR) is 74.2 cm³/mol. The summed E-state index contributed by atoms with van der Waals surface area (Å²) in [5.41, 5.74) is 0.268. The molecule has 0 aromatic rings. The van der Waals surface area contributed by atoms with Gasteiger partial charge < -0.3 is 10.1 Å². The molecule has 1 rings (SSSR count). The van der Waals surface area contributed by atoms with Gasteiger partial charge in [0.15, 0.2) is 0 Å². The summed E-state index contributed by atoms with van der Waals surface area (Å²) >= 11 is 0. The van der Waals surface area contributed by atoms with Crippen LogP contribution >= 0.6 is 0 Å². The first kappa shape index (κ1) is 15.0. The van der Waals surface area contributed by atoms with Gasteiger partial charge in [-0.2, -0.15) is 0 Å².